The van der Waals surface area contributed by atoms with Crippen LogP contribution >= 0.6 is 27.3 Å². The summed E-state index contributed by atoms with van der Waals surface area (Å²) in [4.78, 5) is 31.8. The molecule has 0 spiro atoms. The van der Waals surface area contributed by atoms with E-state index >= 15 is 0 Å². The highest BCUT2D eigenvalue weighted by atomic mass is 79.9. The van der Waals surface area contributed by atoms with E-state index in [1.807, 2.05) is 0 Å². The first kappa shape index (κ1) is 13.1. The van der Waals surface area contributed by atoms with E-state index in [-0.39, 0.29) is 11.8 Å². The van der Waals surface area contributed by atoms with Crippen molar-refractivity contribution in [3.8, 4) is 0 Å². The van der Waals surface area contributed by atoms with E-state index in [1.165, 1.54) is 16.2 Å². The Balaban J connectivity index is 1.79. The third-order valence-electron chi connectivity index (χ3n) is 3.63. The second kappa shape index (κ2) is 4.72. The number of amides is 2. The van der Waals surface area contributed by atoms with Crippen LogP contribution in [0, 0.1) is 0 Å². The van der Waals surface area contributed by atoms with Crippen LogP contribution in [0.2, 0.25) is 0 Å². The van der Waals surface area contributed by atoms with E-state index in [9.17, 15) is 9.59 Å². The van der Waals surface area contributed by atoms with Gasteiger partial charge in [-0.15, -0.1) is 0 Å². The number of halogens is 1. The molecule has 3 heterocycles. The lowest BCUT2D eigenvalue weighted by atomic mass is 10.1. The monoisotopic (exact) mass is 363 g/mol. The van der Waals surface area contributed by atoms with Gasteiger partial charge in [0.15, 0.2) is 5.13 Å². The Morgan fingerprint density at radius 1 is 1.24 bits per heavy atom. The molecule has 7 heteroatoms. The van der Waals surface area contributed by atoms with Gasteiger partial charge >= 0.3 is 0 Å². The molecule has 21 heavy (non-hydrogen) atoms. The van der Waals surface area contributed by atoms with Crippen LogP contribution in [-0.2, 0) is 13.0 Å². The number of fused-ring (bicyclic) bond motifs is 2. The lowest BCUT2D eigenvalue weighted by Gasteiger charge is -2.09. The van der Waals surface area contributed by atoms with Crippen LogP contribution in [0.1, 0.15) is 31.3 Å². The fraction of sp³-hybridized carbons (Fsp3) is 0.214. The maximum Gasteiger partial charge on any atom is 0.268 e. The van der Waals surface area contributed by atoms with Gasteiger partial charge in [-0.05, 0) is 18.2 Å². The SMILES string of the molecule is O=C1c2ccc(Br)cc2C(=O)N1c1nc2c(s1)CNCC2. The standard InChI is InChI=1S/C14H10BrN3O2S/c15-7-1-2-8-9(5-7)13(20)18(12(8)19)14-17-10-3-4-16-6-11(10)21-14/h1-2,5,16H,3-4,6H2. The van der Waals surface area contributed by atoms with Crippen LogP contribution in [0.25, 0.3) is 0 Å². The summed E-state index contributed by atoms with van der Waals surface area (Å²) in [6.07, 6.45) is 0.834. The average molecular weight is 364 g/mol. The highest BCUT2D eigenvalue weighted by molar-refractivity contribution is 9.10. The first-order chi connectivity index (χ1) is 10.1. The Morgan fingerprint density at radius 2 is 2.05 bits per heavy atom. The van der Waals surface area contributed by atoms with E-state index in [0.717, 1.165) is 34.6 Å². The van der Waals surface area contributed by atoms with Crippen molar-refractivity contribution in [2.24, 2.45) is 0 Å². The topological polar surface area (TPSA) is 62.3 Å². The number of carbonyl (C=O) groups is 2. The van der Waals surface area contributed by atoms with Crippen LogP contribution in [-0.4, -0.2) is 23.3 Å². The number of nitrogens with zero attached hydrogens (tertiary/aromatic N) is 2. The minimum atomic E-state index is -0.296. The van der Waals surface area contributed by atoms with E-state index < -0.39 is 0 Å². The molecule has 0 radical (unpaired) electrons. The summed E-state index contributed by atoms with van der Waals surface area (Å²) in [6.45, 7) is 1.63. The maximum atomic E-state index is 12.5. The zero-order valence-electron chi connectivity index (χ0n) is 10.9. The molecule has 1 N–H and O–H groups in total. The molecular weight excluding hydrogens is 354 g/mol. The number of imide groups is 1. The molecule has 0 saturated heterocycles. The van der Waals surface area contributed by atoms with Crippen LogP contribution in [0.5, 0.6) is 0 Å². The van der Waals surface area contributed by atoms with Gasteiger partial charge in [0.1, 0.15) is 0 Å². The maximum absolute atomic E-state index is 12.5. The Morgan fingerprint density at radius 3 is 2.86 bits per heavy atom. The smallest absolute Gasteiger partial charge is 0.268 e. The minimum absolute atomic E-state index is 0.290. The number of carbonyl (C=O) groups excluding carboxylic acids is 2. The zero-order chi connectivity index (χ0) is 14.6. The molecule has 0 atom stereocenters. The number of anilines is 1. The Labute approximate surface area is 133 Å². The minimum Gasteiger partial charge on any atom is -0.311 e. The van der Waals surface area contributed by atoms with Crippen molar-refractivity contribution in [2.75, 3.05) is 11.4 Å². The van der Waals surface area contributed by atoms with Crippen molar-refractivity contribution in [3.05, 3.63) is 44.4 Å². The largest absolute Gasteiger partial charge is 0.311 e. The fourth-order valence-corrected chi connectivity index (χ4v) is 4.03. The summed E-state index contributed by atoms with van der Waals surface area (Å²) in [7, 11) is 0. The lowest BCUT2D eigenvalue weighted by Crippen LogP contribution is -2.29. The second-order valence-electron chi connectivity index (χ2n) is 4.93. The molecule has 5 nitrogen and oxygen atoms in total. The van der Waals surface area contributed by atoms with E-state index in [4.69, 9.17) is 0 Å². The zero-order valence-corrected chi connectivity index (χ0v) is 13.3. The first-order valence-corrected chi connectivity index (χ1v) is 8.14. The van der Waals surface area contributed by atoms with Gasteiger partial charge in [0.05, 0.1) is 16.8 Å². The summed E-state index contributed by atoms with van der Waals surface area (Å²) in [5.41, 5.74) is 1.86. The number of aromatic nitrogens is 1. The average Bonchev–Trinajstić information content (AvgIpc) is 2.99. The van der Waals surface area contributed by atoms with Gasteiger partial charge in [-0.25, -0.2) is 9.88 Å². The van der Waals surface area contributed by atoms with Crippen LogP contribution in [0.3, 0.4) is 0 Å². The van der Waals surface area contributed by atoms with Gasteiger partial charge in [-0.3, -0.25) is 9.59 Å². The van der Waals surface area contributed by atoms with Gasteiger partial charge in [-0.1, -0.05) is 27.3 Å². The third kappa shape index (κ3) is 1.96. The molecule has 0 fully saturated rings. The molecule has 1 aromatic carbocycles. The van der Waals surface area contributed by atoms with Crippen LogP contribution < -0.4 is 10.2 Å². The highest BCUT2D eigenvalue weighted by Gasteiger charge is 2.39. The number of rotatable bonds is 1. The predicted molar refractivity (Wildman–Crippen MR) is 82.8 cm³/mol. The summed E-state index contributed by atoms with van der Waals surface area (Å²) in [6, 6.07) is 5.13. The summed E-state index contributed by atoms with van der Waals surface area (Å²) < 4.78 is 0.784. The molecule has 0 unspecified atom stereocenters. The van der Waals surface area contributed by atoms with Crippen molar-refractivity contribution in [3.63, 3.8) is 0 Å². The summed E-state index contributed by atoms with van der Waals surface area (Å²) in [5.74, 6) is -0.586. The van der Waals surface area contributed by atoms with Crippen LogP contribution in [0.15, 0.2) is 22.7 Å². The molecule has 0 saturated carbocycles. The van der Waals surface area contributed by atoms with Gasteiger partial charge in [-0.2, -0.15) is 0 Å². The molecular formula is C14H10BrN3O2S. The molecule has 0 aliphatic carbocycles. The Bertz CT molecular complexity index is 763. The van der Waals surface area contributed by atoms with Gasteiger partial charge in [0.25, 0.3) is 11.8 Å². The van der Waals surface area contributed by atoms with Crippen molar-refractivity contribution in [2.45, 2.75) is 13.0 Å². The Hall–Kier alpha value is -1.57. The molecule has 2 amide bonds. The number of benzene rings is 1. The highest BCUT2D eigenvalue weighted by Crippen LogP contribution is 2.34. The van der Waals surface area contributed by atoms with Crippen molar-refractivity contribution in [1.29, 1.82) is 0 Å². The normalized spacial score (nSPS) is 17.1. The fourth-order valence-electron chi connectivity index (χ4n) is 2.59. The van der Waals surface area contributed by atoms with E-state index in [0.29, 0.717) is 16.3 Å². The first-order valence-electron chi connectivity index (χ1n) is 6.53. The summed E-state index contributed by atoms with van der Waals surface area (Å²) in [5, 5.41) is 3.75. The number of thiazole rings is 1. The molecule has 4 rings (SSSR count). The molecule has 106 valence electrons. The molecule has 2 aromatic rings. The van der Waals surface area contributed by atoms with Crippen molar-refractivity contribution < 1.29 is 9.59 Å². The Kier molecular flexibility index (Phi) is 2.95. The quantitative estimate of drug-likeness (QED) is 0.790. The summed E-state index contributed by atoms with van der Waals surface area (Å²) >= 11 is 4.75. The molecule has 1 aromatic heterocycles. The van der Waals surface area contributed by atoms with Crippen molar-refractivity contribution >= 4 is 44.2 Å². The van der Waals surface area contributed by atoms with Crippen molar-refractivity contribution in [1.82, 2.24) is 10.3 Å². The van der Waals surface area contributed by atoms with E-state index in [1.54, 1.807) is 18.2 Å². The molecule has 0 bridgehead atoms. The van der Waals surface area contributed by atoms with E-state index in [2.05, 4.69) is 26.2 Å². The van der Waals surface area contributed by atoms with Gasteiger partial charge in [0, 0.05) is 28.9 Å². The number of hydrogen-bond acceptors (Lipinski definition) is 5. The lowest BCUT2D eigenvalue weighted by molar-refractivity contribution is 0.0926. The molecule has 2 aliphatic heterocycles. The predicted octanol–water partition coefficient (Wildman–Crippen LogP) is 2.35. The molecule has 2 aliphatic rings. The number of nitrogens with one attached hydrogen (secondary N) is 1. The second-order valence-corrected chi connectivity index (χ2v) is 6.91. The van der Waals surface area contributed by atoms with Crippen LogP contribution in [0.4, 0.5) is 5.13 Å². The third-order valence-corrected chi connectivity index (χ3v) is 5.21. The van der Waals surface area contributed by atoms with Gasteiger partial charge in [0.2, 0.25) is 0 Å². The van der Waals surface area contributed by atoms with Gasteiger partial charge < -0.3 is 5.32 Å². The number of hydrogen-bond donors (Lipinski definition) is 1.